The molecule has 2 aliphatic carbocycles. The smallest absolute Gasteiger partial charge is 0.324 e. The third-order valence-corrected chi connectivity index (χ3v) is 13.4. The Labute approximate surface area is 234 Å². The number of hydrogen-bond donors (Lipinski definition) is 0. The number of carbonyl (C=O) groups is 2. The van der Waals surface area contributed by atoms with Gasteiger partial charge in [0.25, 0.3) is 8.32 Å². The van der Waals surface area contributed by atoms with Gasteiger partial charge in [0.15, 0.2) is 5.41 Å². The highest BCUT2D eigenvalue weighted by Gasteiger charge is 2.63. The summed E-state index contributed by atoms with van der Waals surface area (Å²) in [6, 6.07) is 21.1. The fourth-order valence-electron chi connectivity index (χ4n) is 6.66. The molecule has 0 radical (unpaired) electrons. The number of hydrogen-bond acceptors (Lipinski definition) is 5. The zero-order chi connectivity index (χ0) is 28.3. The van der Waals surface area contributed by atoms with Gasteiger partial charge in [-0.2, -0.15) is 0 Å². The van der Waals surface area contributed by atoms with E-state index in [-0.39, 0.29) is 42.6 Å². The number of fused-ring (bicyclic) bond motifs is 1. The summed E-state index contributed by atoms with van der Waals surface area (Å²) in [5, 5.41) is 2.21. The van der Waals surface area contributed by atoms with Crippen molar-refractivity contribution in [3.8, 4) is 0 Å². The maximum Gasteiger partial charge on any atom is 0.324 e. The number of esters is 2. The average molecular weight is 547 g/mol. The molecule has 3 atom stereocenters. The second-order valence-corrected chi connectivity index (χ2v) is 15.9. The van der Waals surface area contributed by atoms with Gasteiger partial charge in [-0.1, -0.05) is 106 Å². The van der Waals surface area contributed by atoms with Gasteiger partial charge < -0.3 is 13.9 Å². The van der Waals surface area contributed by atoms with E-state index in [0.717, 1.165) is 5.57 Å². The molecule has 0 aliphatic heterocycles. The fourth-order valence-corrected chi connectivity index (χ4v) is 11.4. The Kier molecular flexibility index (Phi) is 8.67. The van der Waals surface area contributed by atoms with Crippen molar-refractivity contribution in [3.63, 3.8) is 0 Å². The van der Waals surface area contributed by atoms with E-state index in [4.69, 9.17) is 13.9 Å². The average Bonchev–Trinajstić information content (AvgIpc) is 3.05. The first-order valence-corrected chi connectivity index (χ1v) is 16.0. The predicted octanol–water partition coefficient (Wildman–Crippen LogP) is 5.59. The summed E-state index contributed by atoms with van der Waals surface area (Å²) in [7, 11) is -2.84. The lowest BCUT2D eigenvalue weighted by atomic mass is 9.73. The summed E-state index contributed by atoms with van der Waals surface area (Å²) in [4.78, 5) is 27.1. The molecule has 0 aromatic heterocycles. The number of rotatable bonds is 8. The molecule has 208 valence electrons. The monoisotopic (exact) mass is 546 g/mol. The molecule has 0 N–H and O–H groups in total. The van der Waals surface area contributed by atoms with Crippen LogP contribution in [0.3, 0.4) is 0 Å². The van der Waals surface area contributed by atoms with E-state index in [1.54, 1.807) is 13.8 Å². The molecule has 2 aromatic rings. The van der Waals surface area contributed by atoms with Crippen LogP contribution in [-0.2, 0) is 23.5 Å². The summed E-state index contributed by atoms with van der Waals surface area (Å²) in [6.45, 7) is 15.0. The number of allylic oxidation sites excluding steroid dienone is 2. The van der Waals surface area contributed by atoms with Crippen LogP contribution in [0.4, 0.5) is 0 Å². The quantitative estimate of drug-likeness (QED) is 0.187. The van der Waals surface area contributed by atoms with Gasteiger partial charge in [-0.25, -0.2) is 0 Å². The van der Waals surface area contributed by atoms with Crippen LogP contribution in [0, 0.1) is 17.3 Å². The highest BCUT2D eigenvalue weighted by molar-refractivity contribution is 6.99. The van der Waals surface area contributed by atoms with Crippen molar-refractivity contribution >= 4 is 30.6 Å². The third-order valence-electron chi connectivity index (χ3n) is 8.34. The summed E-state index contributed by atoms with van der Waals surface area (Å²) < 4.78 is 18.5. The van der Waals surface area contributed by atoms with Crippen LogP contribution in [0.2, 0.25) is 5.04 Å². The summed E-state index contributed by atoms with van der Waals surface area (Å²) >= 11 is 0. The van der Waals surface area contributed by atoms with Gasteiger partial charge in [-0.15, -0.1) is 0 Å². The van der Waals surface area contributed by atoms with Gasteiger partial charge >= 0.3 is 11.9 Å². The topological polar surface area (TPSA) is 61.8 Å². The van der Waals surface area contributed by atoms with E-state index in [0.29, 0.717) is 12.8 Å². The number of carbonyl (C=O) groups excluding carboxylic acids is 2. The SMILES string of the molecule is C=C1CC(C(=O)OCC)(C(=O)OCC)[C@H]2C[C@@H](O[Si](c3ccccc3)(c3ccccc3)C(C)(C)C)CC=C[C@@H]12. The van der Waals surface area contributed by atoms with Crippen molar-refractivity contribution in [3.05, 3.63) is 85.0 Å². The molecule has 0 saturated heterocycles. The van der Waals surface area contributed by atoms with Crippen LogP contribution in [0.15, 0.2) is 85.0 Å². The first kappa shape index (κ1) is 29.0. The van der Waals surface area contributed by atoms with E-state index in [2.05, 4.69) is 88.0 Å². The van der Waals surface area contributed by atoms with Gasteiger partial charge in [-0.3, -0.25) is 9.59 Å². The first-order chi connectivity index (χ1) is 18.6. The van der Waals surface area contributed by atoms with Crippen molar-refractivity contribution in [1.82, 2.24) is 0 Å². The van der Waals surface area contributed by atoms with Crippen LogP contribution < -0.4 is 10.4 Å². The van der Waals surface area contributed by atoms with Gasteiger partial charge in [0.1, 0.15) is 0 Å². The van der Waals surface area contributed by atoms with E-state index in [1.807, 2.05) is 12.1 Å². The molecule has 6 heteroatoms. The largest absolute Gasteiger partial charge is 0.465 e. The molecular weight excluding hydrogens is 504 g/mol. The van der Waals surface area contributed by atoms with Crippen LogP contribution >= 0.6 is 0 Å². The molecule has 4 rings (SSSR count). The Morgan fingerprint density at radius 1 is 0.923 bits per heavy atom. The fraction of sp³-hybridized carbons (Fsp3) is 0.455. The molecule has 1 fully saturated rings. The zero-order valence-corrected chi connectivity index (χ0v) is 24.9. The molecular formula is C33H42O5Si. The highest BCUT2D eigenvalue weighted by Crippen LogP contribution is 2.55. The number of ether oxygens (including phenoxy) is 2. The molecule has 0 unspecified atom stereocenters. The van der Waals surface area contributed by atoms with E-state index >= 15 is 0 Å². The Bertz CT molecular complexity index is 1140. The second-order valence-electron chi connectivity index (χ2n) is 11.7. The third kappa shape index (κ3) is 5.17. The minimum atomic E-state index is -2.84. The Morgan fingerprint density at radius 3 is 1.90 bits per heavy atom. The zero-order valence-electron chi connectivity index (χ0n) is 23.9. The van der Waals surface area contributed by atoms with Crippen LogP contribution in [-0.4, -0.2) is 39.6 Å². The molecule has 2 aromatic carbocycles. The van der Waals surface area contributed by atoms with Crippen molar-refractivity contribution < 1.29 is 23.5 Å². The van der Waals surface area contributed by atoms with Crippen molar-refractivity contribution in [2.24, 2.45) is 17.3 Å². The standard InChI is InChI=1S/C33H42O5Si/c1-7-36-30(34)33(31(35)37-8-2)23-24(3)28-21-15-16-25(22-29(28)33)38-39(32(4,5)6,26-17-11-9-12-18-26)27-19-13-10-14-20-27/h9-15,17-21,25,28-29H,3,7-8,16,22-23H2,1-2,4-6H3/t25-,28-,29-/m0/s1. The first-order valence-electron chi connectivity index (χ1n) is 14.1. The van der Waals surface area contributed by atoms with Gasteiger partial charge in [0.05, 0.1) is 13.2 Å². The number of benzene rings is 2. The summed E-state index contributed by atoms with van der Waals surface area (Å²) in [5.74, 6) is -1.51. The minimum absolute atomic E-state index is 0.119. The van der Waals surface area contributed by atoms with E-state index in [9.17, 15) is 9.59 Å². The molecule has 0 spiro atoms. The normalized spacial score (nSPS) is 22.6. The van der Waals surface area contributed by atoms with Gasteiger partial charge in [-0.05, 0) is 54.4 Å². The Balaban J connectivity index is 1.82. The lowest BCUT2D eigenvalue weighted by Gasteiger charge is -2.46. The Morgan fingerprint density at radius 2 is 1.44 bits per heavy atom. The van der Waals surface area contributed by atoms with Gasteiger partial charge in [0.2, 0.25) is 0 Å². The predicted molar refractivity (Wildman–Crippen MR) is 157 cm³/mol. The minimum Gasteiger partial charge on any atom is -0.465 e. The molecule has 39 heavy (non-hydrogen) atoms. The van der Waals surface area contributed by atoms with E-state index in [1.165, 1.54) is 10.4 Å². The maximum absolute atomic E-state index is 13.6. The molecule has 0 bridgehead atoms. The summed E-state index contributed by atoms with van der Waals surface area (Å²) in [5.41, 5.74) is -0.557. The van der Waals surface area contributed by atoms with Crippen LogP contribution in [0.1, 0.15) is 53.9 Å². The lowest BCUT2D eigenvalue weighted by molar-refractivity contribution is -0.176. The molecule has 5 nitrogen and oxygen atoms in total. The Hall–Kier alpha value is -2.96. The van der Waals surface area contributed by atoms with Gasteiger partial charge in [0, 0.05) is 12.0 Å². The molecule has 0 heterocycles. The molecule has 0 amide bonds. The van der Waals surface area contributed by atoms with Crippen LogP contribution in [0.25, 0.3) is 0 Å². The molecule has 2 aliphatic rings. The summed E-state index contributed by atoms with van der Waals surface area (Å²) in [6.07, 6.45) is 5.49. The van der Waals surface area contributed by atoms with Crippen molar-refractivity contribution in [2.75, 3.05) is 13.2 Å². The van der Waals surface area contributed by atoms with Crippen molar-refractivity contribution in [1.29, 1.82) is 0 Å². The highest BCUT2D eigenvalue weighted by atomic mass is 28.4. The van der Waals surface area contributed by atoms with Crippen LogP contribution in [0.5, 0.6) is 0 Å². The lowest BCUT2D eigenvalue weighted by Crippen LogP contribution is -2.67. The maximum atomic E-state index is 13.6. The van der Waals surface area contributed by atoms with E-state index < -0.39 is 25.7 Å². The second kappa shape index (κ2) is 11.6. The molecule has 1 saturated carbocycles. The van der Waals surface area contributed by atoms with Crippen molar-refractivity contribution in [2.45, 2.75) is 65.0 Å².